The van der Waals surface area contributed by atoms with Gasteiger partial charge in [-0.2, -0.15) is 0 Å². The maximum atomic E-state index is 12.7. The SMILES string of the molecule is CC(=O)Nc1ccc(-c2csc(NC(=O)C3CC4CCCC(C3)C4=O)n2)cc1. The zero-order chi connectivity index (χ0) is 19.7. The van der Waals surface area contributed by atoms with Gasteiger partial charge in [-0.1, -0.05) is 18.6 Å². The summed E-state index contributed by atoms with van der Waals surface area (Å²) < 4.78 is 0. The standard InChI is InChI=1S/C21H23N3O3S/c1-12(25)22-17-7-5-13(6-8-17)18-11-28-21(23-18)24-20(27)16-9-14-3-2-4-15(10-16)19(14)26/h5-8,11,14-16H,2-4,9-10H2,1H3,(H,22,25)(H,23,24,27). The quantitative estimate of drug-likeness (QED) is 0.813. The summed E-state index contributed by atoms with van der Waals surface area (Å²) in [6.07, 6.45) is 4.30. The van der Waals surface area contributed by atoms with Crippen LogP contribution in [0.2, 0.25) is 0 Å². The Hall–Kier alpha value is -2.54. The molecule has 7 heteroatoms. The Bertz CT molecular complexity index is 890. The Labute approximate surface area is 167 Å². The van der Waals surface area contributed by atoms with E-state index < -0.39 is 0 Å². The van der Waals surface area contributed by atoms with E-state index in [-0.39, 0.29) is 29.6 Å². The molecular formula is C21H23N3O3S. The first kappa shape index (κ1) is 18.8. The summed E-state index contributed by atoms with van der Waals surface area (Å²) in [5.41, 5.74) is 2.44. The van der Waals surface area contributed by atoms with E-state index in [2.05, 4.69) is 15.6 Å². The van der Waals surface area contributed by atoms with Crippen molar-refractivity contribution in [2.24, 2.45) is 17.8 Å². The third kappa shape index (κ3) is 3.99. The summed E-state index contributed by atoms with van der Waals surface area (Å²) >= 11 is 1.39. The van der Waals surface area contributed by atoms with Gasteiger partial charge in [0, 0.05) is 41.3 Å². The first-order chi connectivity index (χ1) is 13.5. The van der Waals surface area contributed by atoms with Gasteiger partial charge in [0.05, 0.1) is 5.69 Å². The molecule has 2 bridgehead atoms. The van der Waals surface area contributed by atoms with Crippen molar-refractivity contribution in [2.75, 3.05) is 10.6 Å². The largest absolute Gasteiger partial charge is 0.326 e. The van der Waals surface area contributed by atoms with E-state index in [1.54, 1.807) is 0 Å². The number of ketones is 1. The lowest BCUT2D eigenvalue weighted by atomic mass is 9.67. The highest BCUT2D eigenvalue weighted by atomic mass is 32.1. The van der Waals surface area contributed by atoms with Crippen LogP contribution in [0.5, 0.6) is 0 Å². The number of nitrogens with zero attached hydrogens (tertiary/aromatic N) is 1. The van der Waals surface area contributed by atoms with Gasteiger partial charge >= 0.3 is 0 Å². The lowest BCUT2D eigenvalue weighted by Gasteiger charge is -2.36. The van der Waals surface area contributed by atoms with E-state index in [0.717, 1.165) is 36.2 Å². The number of hydrogen-bond donors (Lipinski definition) is 2. The summed E-state index contributed by atoms with van der Waals surface area (Å²) in [7, 11) is 0. The number of rotatable bonds is 4. The second kappa shape index (κ2) is 7.83. The number of carbonyl (C=O) groups is 3. The molecule has 2 N–H and O–H groups in total. The fourth-order valence-corrected chi connectivity index (χ4v) is 5.02. The number of thiazole rings is 1. The number of anilines is 2. The van der Waals surface area contributed by atoms with Crippen molar-refractivity contribution in [3.63, 3.8) is 0 Å². The lowest BCUT2D eigenvalue weighted by molar-refractivity contribution is -0.136. The monoisotopic (exact) mass is 397 g/mol. The van der Waals surface area contributed by atoms with Gasteiger partial charge < -0.3 is 10.6 Å². The van der Waals surface area contributed by atoms with Crippen LogP contribution < -0.4 is 10.6 Å². The van der Waals surface area contributed by atoms with Crippen molar-refractivity contribution in [3.8, 4) is 11.3 Å². The molecule has 2 saturated carbocycles. The summed E-state index contributed by atoms with van der Waals surface area (Å²) in [5.74, 6) is 0.271. The summed E-state index contributed by atoms with van der Waals surface area (Å²) in [4.78, 5) is 40.5. The van der Waals surface area contributed by atoms with Crippen LogP contribution in [0.4, 0.5) is 10.8 Å². The van der Waals surface area contributed by atoms with Crippen LogP contribution in [0.1, 0.15) is 39.0 Å². The minimum absolute atomic E-state index is 0.0219. The molecule has 0 spiro atoms. The van der Waals surface area contributed by atoms with Crippen LogP contribution in [-0.4, -0.2) is 22.6 Å². The van der Waals surface area contributed by atoms with Crippen LogP contribution >= 0.6 is 11.3 Å². The van der Waals surface area contributed by atoms with Gasteiger partial charge in [0.2, 0.25) is 11.8 Å². The molecule has 28 heavy (non-hydrogen) atoms. The minimum Gasteiger partial charge on any atom is -0.326 e. The predicted molar refractivity (Wildman–Crippen MR) is 109 cm³/mol. The van der Waals surface area contributed by atoms with E-state index in [0.29, 0.717) is 23.8 Å². The molecule has 6 nitrogen and oxygen atoms in total. The van der Waals surface area contributed by atoms with Crippen LogP contribution in [-0.2, 0) is 14.4 Å². The molecule has 1 heterocycles. The molecule has 2 fully saturated rings. The second-order valence-corrected chi connectivity index (χ2v) is 8.54. The van der Waals surface area contributed by atoms with E-state index in [4.69, 9.17) is 0 Å². The molecule has 2 aliphatic carbocycles. The first-order valence-corrected chi connectivity index (χ1v) is 10.6. The zero-order valence-corrected chi connectivity index (χ0v) is 16.6. The summed E-state index contributed by atoms with van der Waals surface area (Å²) in [5, 5.41) is 8.16. The fourth-order valence-electron chi connectivity index (χ4n) is 4.29. The number of fused-ring (bicyclic) bond motifs is 2. The summed E-state index contributed by atoms with van der Waals surface area (Å²) in [6.45, 7) is 1.47. The highest BCUT2D eigenvalue weighted by Gasteiger charge is 2.41. The van der Waals surface area contributed by atoms with Crippen molar-refractivity contribution >= 4 is 39.8 Å². The van der Waals surface area contributed by atoms with Crippen LogP contribution in [0.3, 0.4) is 0 Å². The maximum Gasteiger partial charge on any atom is 0.229 e. The number of amides is 2. The highest BCUT2D eigenvalue weighted by Crippen LogP contribution is 2.40. The van der Waals surface area contributed by atoms with E-state index in [1.165, 1.54) is 18.3 Å². The smallest absolute Gasteiger partial charge is 0.229 e. The topological polar surface area (TPSA) is 88.2 Å². The van der Waals surface area contributed by atoms with Gasteiger partial charge in [-0.3, -0.25) is 14.4 Å². The maximum absolute atomic E-state index is 12.7. The Morgan fingerprint density at radius 1 is 1.07 bits per heavy atom. The van der Waals surface area contributed by atoms with Gasteiger partial charge in [0.1, 0.15) is 5.78 Å². The molecule has 2 unspecified atom stereocenters. The molecule has 146 valence electrons. The van der Waals surface area contributed by atoms with Gasteiger partial charge in [-0.25, -0.2) is 4.98 Å². The molecule has 1 aromatic heterocycles. The molecule has 1 aromatic carbocycles. The van der Waals surface area contributed by atoms with E-state index >= 15 is 0 Å². The number of aromatic nitrogens is 1. The third-order valence-electron chi connectivity index (χ3n) is 5.65. The van der Waals surface area contributed by atoms with Crippen LogP contribution in [0.25, 0.3) is 11.3 Å². The van der Waals surface area contributed by atoms with Gasteiger partial charge in [0.15, 0.2) is 5.13 Å². The van der Waals surface area contributed by atoms with Crippen LogP contribution in [0, 0.1) is 17.8 Å². The summed E-state index contributed by atoms with van der Waals surface area (Å²) in [6, 6.07) is 7.43. The molecule has 0 radical (unpaired) electrons. The minimum atomic E-state index is -0.111. The van der Waals surface area contributed by atoms with Crippen molar-refractivity contribution in [1.29, 1.82) is 0 Å². The number of Topliss-reactive ketones (excluding diaryl/α,β-unsaturated/α-hetero) is 1. The Kier molecular flexibility index (Phi) is 5.26. The van der Waals surface area contributed by atoms with Crippen LogP contribution in [0.15, 0.2) is 29.6 Å². The number of carbonyl (C=O) groups excluding carboxylic acids is 3. The average molecular weight is 398 g/mol. The molecule has 0 saturated heterocycles. The molecule has 4 rings (SSSR count). The Balaban J connectivity index is 1.40. The van der Waals surface area contributed by atoms with Crippen molar-refractivity contribution in [2.45, 2.75) is 39.0 Å². The molecule has 2 amide bonds. The molecule has 2 atom stereocenters. The van der Waals surface area contributed by atoms with Gasteiger partial charge in [-0.05, 0) is 37.8 Å². The molecule has 2 aromatic rings. The number of hydrogen-bond acceptors (Lipinski definition) is 5. The lowest BCUT2D eigenvalue weighted by Crippen LogP contribution is -2.40. The van der Waals surface area contributed by atoms with Crippen molar-refractivity contribution < 1.29 is 14.4 Å². The Morgan fingerprint density at radius 3 is 2.39 bits per heavy atom. The second-order valence-electron chi connectivity index (χ2n) is 7.68. The highest BCUT2D eigenvalue weighted by molar-refractivity contribution is 7.14. The first-order valence-electron chi connectivity index (χ1n) is 9.67. The Morgan fingerprint density at radius 2 is 1.75 bits per heavy atom. The normalized spacial score (nSPS) is 23.9. The van der Waals surface area contributed by atoms with Gasteiger partial charge in [-0.15, -0.1) is 11.3 Å². The predicted octanol–water partition coefficient (Wildman–Crippen LogP) is 4.10. The fraction of sp³-hybridized carbons (Fsp3) is 0.429. The van der Waals surface area contributed by atoms with Crippen molar-refractivity contribution in [3.05, 3.63) is 29.6 Å². The number of benzene rings is 1. The zero-order valence-electron chi connectivity index (χ0n) is 15.7. The van der Waals surface area contributed by atoms with E-state index in [1.807, 2.05) is 29.6 Å². The van der Waals surface area contributed by atoms with E-state index in [9.17, 15) is 14.4 Å². The third-order valence-corrected chi connectivity index (χ3v) is 6.41. The molecule has 2 aliphatic rings. The van der Waals surface area contributed by atoms with Gasteiger partial charge in [0.25, 0.3) is 0 Å². The van der Waals surface area contributed by atoms with Crippen molar-refractivity contribution in [1.82, 2.24) is 4.98 Å². The average Bonchev–Trinajstić information content (AvgIpc) is 3.10. The molecular weight excluding hydrogens is 374 g/mol. The molecule has 0 aliphatic heterocycles. The number of nitrogens with one attached hydrogen (secondary N) is 2.